The van der Waals surface area contributed by atoms with Gasteiger partial charge in [0.2, 0.25) is 0 Å². The number of pyridine rings is 1. The second-order valence-electron chi connectivity index (χ2n) is 3.87. The SMILES string of the molecule is COc1cccc(NC(C#N)c2cncc(Br)c2)c1. The lowest BCUT2D eigenvalue weighted by Crippen LogP contribution is -2.08. The molecule has 2 aromatic rings. The monoisotopic (exact) mass is 317 g/mol. The molecule has 0 fully saturated rings. The van der Waals surface area contributed by atoms with E-state index in [0.717, 1.165) is 21.5 Å². The molecule has 0 aliphatic carbocycles. The quantitative estimate of drug-likeness (QED) is 0.937. The standard InChI is InChI=1S/C14H12BrN3O/c1-19-13-4-2-3-12(6-13)18-14(7-16)10-5-11(15)9-17-8-10/h2-6,8-9,14,18H,1H3. The number of rotatable bonds is 4. The van der Waals surface area contributed by atoms with E-state index < -0.39 is 6.04 Å². The number of nitrogens with zero attached hydrogens (tertiary/aromatic N) is 2. The maximum Gasteiger partial charge on any atom is 0.141 e. The molecule has 0 radical (unpaired) electrons. The molecule has 0 amide bonds. The van der Waals surface area contributed by atoms with E-state index in [1.807, 2.05) is 30.3 Å². The van der Waals surface area contributed by atoms with Gasteiger partial charge in [-0.3, -0.25) is 4.98 Å². The largest absolute Gasteiger partial charge is 0.497 e. The van der Waals surface area contributed by atoms with Crippen LogP contribution in [0.5, 0.6) is 5.75 Å². The fraction of sp³-hybridized carbons (Fsp3) is 0.143. The van der Waals surface area contributed by atoms with Gasteiger partial charge in [0.1, 0.15) is 11.8 Å². The lowest BCUT2D eigenvalue weighted by Gasteiger charge is -2.13. The average Bonchev–Trinajstić information content (AvgIpc) is 2.45. The zero-order valence-corrected chi connectivity index (χ0v) is 11.9. The van der Waals surface area contributed by atoms with E-state index in [-0.39, 0.29) is 0 Å². The number of nitriles is 1. The summed E-state index contributed by atoms with van der Waals surface area (Å²) in [6.45, 7) is 0. The van der Waals surface area contributed by atoms with Crippen molar-refractivity contribution in [3.63, 3.8) is 0 Å². The molecule has 2 rings (SSSR count). The summed E-state index contributed by atoms with van der Waals surface area (Å²) >= 11 is 3.35. The summed E-state index contributed by atoms with van der Waals surface area (Å²) in [5.41, 5.74) is 1.63. The Morgan fingerprint density at radius 2 is 2.21 bits per heavy atom. The number of anilines is 1. The average molecular weight is 318 g/mol. The van der Waals surface area contributed by atoms with Crippen LogP contribution in [0.15, 0.2) is 47.2 Å². The first-order valence-electron chi connectivity index (χ1n) is 5.63. The molecule has 1 aromatic heterocycles. The van der Waals surface area contributed by atoms with Crippen molar-refractivity contribution in [3.8, 4) is 11.8 Å². The number of halogens is 1. The summed E-state index contributed by atoms with van der Waals surface area (Å²) < 4.78 is 6.00. The first-order valence-corrected chi connectivity index (χ1v) is 6.43. The normalized spacial score (nSPS) is 11.4. The summed E-state index contributed by atoms with van der Waals surface area (Å²) in [4.78, 5) is 4.07. The molecule has 1 aromatic carbocycles. The molecule has 1 atom stereocenters. The Hall–Kier alpha value is -2.06. The number of nitrogens with one attached hydrogen (secondary N) is 1. The summed E-state index contributed by atoms with van der Waals surface area (Å²) in [7, 11) is 1.61. The van der Waals surface area contributed by atoms with E-state index in [9.17, 15) is 5.26 Å². The third kappa shape index (κ3) is 3.46. The Morgan fingerprint density at radius 1 is 1.37 bits per heavy atom. The molecule has 4 nitrogen and oxygen atoms in total. The molecular weight excluding hydrogens is 306 g/mol. The van der Waals surface area contributed by atoms with Gasteiger partial charge in [-0.2, -0.15) is 5.26 Å². The lowest BCUT2D eigenvalue weighted by molar-refractivity contribution is 0.415. The highest BCUT2D eigenvalue weighted by Gasteiger charge is 2.11. The molecule has 0 saturated carbocycles. The van der Waals surface area contributed by atoms with Crippen LogP contribution >= 0.6 is 15.9 Å². The highest BCUT2D eigenvalue weighted by Crippen LogP contribution is 2.23. The summed E-state index contributed by atoms with van der Waals surface area (Å²) in [5.74, 6) is 0.744. The second-order valence-corrected chi connectivity index (χ2v) is 4.79. The predicted octanol–water partition coefficient (Wildman–Crippen LogP) is 3.53. The van der Waals surface area contributed by atoms with Gasteiger partial charge in [-0.15, -0.1) is 0 Å². The Bertz CT molecular complexity index is 610. The van der Waals surface area contributed by atoms with Gasteiger partial charge in [0.25, 0.3) is 0 Å². The minimum atomic E-state index is -0.461. The molecule has 1 heterocycles. The van der Waals surface area contributed by atoms with Crippen molar-refractivity contribution in [2.24, 2.45) is 0 Å². The predicted molar refractivity (Wildman–Crippen MR) is 76.9 cm³/mol. The molecule has 0 aliphatic heterocycles. The molecule has 0 spiro atoms. The third-order valence-corrected chi connectivity index (χ3v) is 3.00. The summed E-state index contributed by atoms with van der Waals surface area (Å²) in [6.07, 6.45) is 3.36. The Kier molecular flexibility index (Phi) is 4.37. The van der Waals surface area contributed by atoms with Crippen molar-refractivity contribution in [1.82, 2.24) is 4.98 Å². The van der Waals surface area contributed by atoms with E-state index in [2.05, 4.69) is 32.3 Å². The van der Waals surface area contributed by atoms with Gasteiger partial charge in [0.05, 0.1) is 13.2 Å². The maximum absolute atomic E-state index is 9.27. The number of hydrogen-bond donors (Lipinski definition) is 1. The van der Waals surface area contributed by atoms with E-state index in [1.165, 1.54) is 0 Å². The van der Waals surface area contributed by atoms with Crippen LogP contribution in [0.25, 0.3) is 0 Å². The van der Waals surface area contributed by atoms with E-state index in [0.29, 0.717) is 0 Å². The van der Waals surface area contributed by atoms with E-state index in [4.69, 9.17) is 4.74 Å². The van der Waals surface area contributed by atoms with Gasteiger partial charge in [-0.25, -0.2) is 0 Å². The third-order valence-electron chi connectivity index (χ3n) is 2.57. The fourth-order valence-electron chi connectivity index (χ4n) is 1.66. The van der Waals surface area contributed by atoms with Crippen LogP contribution in [0.4, 0.5) is 5.69 Å². The topological polar surface area (TPSA) is 57.9 Å². The second kappa shape index (κ2) is 6.21. The molecule has 1 unspecified atom stereocenters. The zero-order chi connectivity index (χ0) is 13.7. The van der Waals surface area contributed by atoms with Gasteiger partial charge < -0.3 is 10.1 Å². The number of benzene rings is 1. The minimum Gasteiger partial charge on any atom is -0.497 e. The molecule has 0 saturated heterocycles. The van der Waals surface area contributed by atoms with Gasteiger partial charge in [-0.05, 0) is 34.1 Å². The fourth-order valence-corrected chi connectivity index (χ4v) is 2.04. The van der Waals surface area contributed by atoms with Gasteiger partial charge >= 0.3 is 0 Å². The molecular formula is C14H12BrN3O. The maximum atomic E-state index is 9.27. The van der Waals surface area contributed by atoms with Crippen LogP contribution in [0.3, 0.4) is 0 Å². The van der Waals surface area contributed by atoms with Crippen LogP contribution < -0.4 is 10.1 Å². The smallest absolute Gasteiger partial charge is 0.141 e. The van der Waals surface area contributed by atoms with Crippen molar-refractivity contribution in [3.05, 3.63) is 52.8 Å². The summed E-state index contributed by atoms with van der Waals surface area (Å²) in [5, 5.41) is 12.4. The Labute approximate surface area is 120 Å². The van der Waals surface area contributed by atoms with Crippen molar-refractivity contribution in [2.75, 3.05) is 12.4 Å². The Balaban J connectivity index is 2.22. The van der Waals surface area contributed by atoms with Crippen LogP contribution in [-0.4, -0.2) is 12.1 Å². The Morgan fingerprint density at radius 3 is 2.89 bits per heavy atom. The molecule has 1 N–H and O–H groups in total. The number of methoxy groups -OCH3 is 1. The van der Waals surface area contributed by atoms with Gasteiger partial charge in [-0.1, -0.05) is 6.07 Å². The van der Waals surface area contributed by atoms with Crippen molar-refractivity contribution < 1.29 is 4.74 Å². The van der Waals surface area contributed by atoms with Crippen LogP contribution in [0.2, 0.25) is 0 Å². The van der Waals surface area contributed by atoms with Crippen molar-refractivity contribution >= 4 is 21.6 Å². The van der Waals surface area contributed by atoms with Crippen LogP contribution in [0.1, 0.15) is 11.6 Å². The van der Waals surface area contributed by atoms with Crippen LogP contribution in [0, 0.1) is 11.3 Å². The lowest BCUT2D eigenvalue weighted by atomic mass is 10.1. The zero-order valence-electron chi connectivity index (χ0n) is 10.3. The van der Waals surface area contributed by atoms with Crippen molar-refractivity contribution in [1.29, 1.82) is 5.26 Å². The molecule has 5 heteroatoms. The highest BCUT2D eigenvalue weighted by atomic mass is 79.9. The van der Waals surface area contributed by atoms with E-state index >= 15 is 0 Å². The molecule has 19 heavy (non-hydrogen) atoms. The van der Waals surface area contributed by atoms with Gasteiger partial charge in [0.15, 0.2) is 0 Å². The number of aromatic nitrogens is 1. The minimum absolute atomic E-state index is 0.461. The molecule has 0 bridgehead atoms. The first kappa shape index (κ1) is 13.4. The van der Waals surface area contributed by atoms with Crippen molar-refractivity contribution in [2.45, 2.75) is 6.04 Å². The summed E-state index contributed by atoms with van der Waals surface area (Å²) in [6, 6.07) is 11.1. The molecule has 96 valence electrons. The van der Waals surface area contributed by atoms with E-state index in [1.54, 1.807) is 19.5 Å². The number of ether oxygens (including phenoxy) is 1. The molecule has 0 aliphatic rings. The van der Waals surface area contributed by atoms with Gasteiger partial charge in [0, 0.05) is 34.2 Å². The number of hydrogen-bond acceptors (Lipinski definition) is 4. The highest BCUT2D eigenvalue weighted by molar-refractivity contribution is 9.10. The first-order chi connectivity index (χ1) is 9.22. The van der Waals surface area contributed by atoms with Crippen LogP contribution in [-0.2, 0) is 0 Å².